The van der Waals surface area contributed by atoms with Crippen molar-refractivity contribution in [1.82, 2.24) is 10.2 Å². The molecule has 1 atom stereocenters. The summed E-state index contributed by atoms with van der Waals surface area (Å²) in [5, 5.41) is 13.2. The maximum absolute atomic E-state index is 11.9. The maximum atomic E-state index is 11.9. The van der Waals surface area contributed by atoms with Gasteiger partial charge in [-0.15, -0.1) is 0 Å². The number of non-ortho nitro benzene ring substituents is 1. The number of benzene rings is 2. The predicted molar refractivity (Wildman–Crippen MR) is 135 cm³/mol. The van der Waals surface area contributed by atoms with E-state index in [0.29, 0.717) is 24.6 Å². The molecule has 0 spiro atoms. The summed E-state index contributed by atoms with van der Waals surface area (Å²) in [6.45, 7) is 5.84. The Labute approximate surface area is 209 Å². The summed E-state index contributed by atoms with van der Waals surface area (Å²) in [5.41, 5.74) is 2.31. The van der Waals surface area contributed by atoms with Crippen LogP contribution in [0.15, 0.2) is 48.5 Å². The molecule has 1 unspecified atom stereocenters. The lowest BCUT2D eigenvalue weighted by molar-refractivity contribution is -0.384. The molecule has 3 aliphatic heterocycles. The summed E-state index contributed by atoms with van der Waals surface area (Å²) in [5.74, 6) is 0.0149. The van der Waals surface area contributed by atoms with Crippen LogP contribution >= 0.6 is 0 Å². The number of nitrogens with one attached hydrogen (secondary N) is 1. The number of rotatable bonds is 6. The van der Waals surface area contributed by atoms with Crippen molar-refractivity contribution < 1.29 is 19.2 Å². The van der Waals surface area contributed by atoms with Crippen LogP contribution in [0.3, 0.4) is 0 Å². The molecule has 0 radical (unpaired) electrons. The first-order valence-corrected chi connectivity index (χ1v) is 12.5. The number of piperazine rings is 1. The highest BCUT2D eigenvalue weighted by molar-refractivity contribution is 5.99. The number of nitro groups is 1. The van der Waals surface area contributed by atoms with Gasteiger partial charge in [-0.1, -0.05) is 0 Å². The predicted octanol–water partition coefficient (Wildman–Crippen LogP) is 2.57. The van der Waals surface area contributed by atoms with Gasteiger partial charge < -0.3 is 14.5 Å². The Kier molecular flexibility index (Phi) is 7.04. The van der Waals surface area contributed by atoms with E-state index in [4.69, 9.17) is 4.74 Å². The first kappa shape index (κ1) is 24.1. The lowest BCUT2D eigenvalue weighted by atomic mass is 10.0. The van der Waals surface area contributed by atoms with Gasteiger partial charge in [0.15, 0.2) is 6.10 Å². The van der Waals surface area contributed by atoms with Crippen molar-refractivity contribution in [3.8, 4) is 5.75 Å². The molecule has 3 heterocycles. The number of hydrogen-bond donors (Lipinski definition) is 1. The lowest BCUT2D eigenvalue weighted by Gasteiger charge is -2.43. The molecule has 0 bridgehead atoms. The highest BCUT2D eigenvalue weighted by atomic mass is 16.6. The van der Waals surface area contributed by atoms with Crippen LogP contribution < -0.4 is 19.9 Å². The van der Waals surface area contributed by atoms with Crippen LogP contribution in [0.4, 0.5) is 17.1 Å². The molecular formula is C26H31N5O5. The molecule has 3 fully saturated rings. The van der Waals surface area contributed by atoms with E-state index < -0.39 is 6.10 Å². The minimum Gasteiger partial charge on any atom is -0.481 e. The SMILES string of the molecule is O=C1CCC(Oc2ccc(N3CCN(C4CCN(c5ccc([N+](=O)[O-])cc5)CC4)CC3)cc2)C(=O)N1. The molecule has 3 saturated heterocycles. The van der Waals surface area contributed by atoms with Gasteiger partial charge in [0.2, 0.25) is 5.91 Å². The maximum Gasteiger partial charge on any atom is 0.269 e. The monoisotopic (exact) mass is 493 g/mol. The molecule has 5 rings (SSSR count). The van der Waals surface area contributed by atoms with E-state index in [-0.39, 0.29) is 22.4 Å². The summed E-state index contributed by atoms with van der Waals surface area (Å²) in [4.78, 5) is 41.0. The fraction of sp³-hybridized carbons (Fsp3) is 0.462. The minimum atomic E-state index is -0.621. The molecule has 0 saturated carbocycles. The smallest absolute Gasteiger partial charge is 0.269 e. The van der Waals surface area contributed by atoms with Crippen LogP contribution in [0.1, 0.15) is 25.7 Å². The van der Waals surface area contributed by atoms with E-state index in [1.165, 1.54) is 0 Å². The Bertz CT molecular complexity index is 1090. The molecule has 2 amide bonds. The molecule has 0 aromatic heterocycles. The zero-order valence-corrected chi connectivity index (χ0v) is 20.2. The Balaban J connectivity index is 1.08. The Hall–Kier alpha value is -3.66. The van der Waals surface area contributed by atoms with Crippen molar-refractivity contribution in [1.29, 1.82) is 0 Å². The zero-order valence-electron chi connectivity index (χ0n) is 20.2. The van der Waals surface area contributed by atoms with Crippen molar-refractivity contribution in [2.45, 2.75) is 37.8 Å². The fourth-order valence-corrected chi connectivity index (χ4v) is 5.31. The highest BCUT2D eigenvalue weighted by Gasteiger charge is 2.29. The number of anilines is 2. The van der Waals surface area contributed by atoms with Gasteiger partial charge in [0.25, 0.3) is 11.6 Å². The summed E-state index contributed by atoms with van der Waals surface area (Å²) in [7, 11) is 0. The van der Waals surface area contributed by atoms with Crippen LogP contribution in [-0.2, 0) is 9.59 Å². The zero-order chi connectivity index (χ0) is 25.1. The van der Waals surface area contributed by atoms with Crippen molar-refractivity contribution >= 4 is 28.9 Å². The first-order valence-electron chi connectivity index (χ1n) is 12.5. The summed E-state index contributed by atoms with van der Waals surface area (Å²) < 4.78 is 5.79. The number of nitrogens with zero attached hydrogens (tertiary/aromatic N) is 4. The fourth-order valence-electron chi connectivity index (χ4n) is 5.31. The van der Waals surface area contributed by atoms with E-state index >= 15 is 0 Å². The van der Waals surface area contributed by atoms with Crippen LogP contribution in [0.5, 0.6) is 5.75 Å². The van der Waals surface area contributed by atoms with Crippen molar-refractivity contribution in [2.75, 3.05) is 49.1 Å². The largest absolute Gasteiger partial charge is 0.481 e. The number of carbonyl (C=O) groups excluding carboxylic acids is 2. The van der Waals surface area contributed by atoms with Gasteiger partial charge in [0.1, 0.15) is 5.75 Å². The number of piperidine rings is 2. The first-order chi connectivity index (χ1) is 17.5. The van der Waals surface area contributed by atoms with Gasteiger partial charge >= 0.3 is 0 Å². The second-order valence-corrected chi connectivity index (χ2v) is 9.57. The molecular weight excluding hydrogens is 462 g/mol. The lowest BCUT2D eigenvalue weighted by Crippen LogP contribution is -2.53. The number of imide groups is 1. The number of nitro benzene ring substituents is 1. The second-order valence-electron chi connectivity index (χ2n) is 9.57. The van der Waals surface area contributed by atoms with Crippen molar-refractivity contribution in [3.05, 3.63) is 58.6 Å². The average Bonchev–Trinajstić information content (AvgIpc) is 2.91. The Morgan fingerprint density at radius 3 is 1.97 bits per heavy atom. The minimum absolute atomic E-state index is 0.128. The van der Waals surface area contributed by atoms with Crippen LogP contribution in [0.25, 0.3) is 0 Å². The van der Waals surface area contributed by atoms with E-state index in [0.717, 1.165) is 63.5 Å². The average molecular weight is 494 g/mol. The van der Waals surface area contributed by atoms with E-state index in [1.807, 2.05) is 36.4 Å². The van der Waals surface area contributed by atoms with Gasteiger partial charge in [-0.2, -0.15) is 0 Å². The number of carbonyl (C=O) groups is 2. The third-order valence-electron chi connectivity index (χ3n) is 7.39. The van der Waals surface area contributed by atoms with Gasteiger partial charge in [-0.25, -0.2) is 0 Å². The third kappa shape index (κ3) is 5.43. The highest BCUT2D eigenvalue weighted by Crippen LogP contribution is 2.27. The van der Waals surface area contributed by atoms with E-state index in [2.05, 4.69) is 20.0 Å². The summed E-state index contributed by atoms with van der Waals surface area (Å²) in [6.07, 6.45) is 2.26. The van der Waals surface area contributed by atoms with E-state index in [1.54, 1.807) is 12.1 Å². The van der Waals surface area contributed by atoms with Crippen molar-refractivity contribution in [3.63, 3.8) is 0 Å². The number of ether oxygens (including phenoxy) is 1. The third-order valence-corrected chi connectivity index (χ3v) is 7.39. The van der Waals surface area contributed by atoms with Crippen LogP contribution in [-0.4, -0.2) is 73.1 Å². The molecule has 190 valence electrons. The standard InChI is InChI=1S/C26H31N5O5/c32-25-10-9-24(26(33)27-25)36-23-7-5-20(6-8-23)29-15-17-30(18-16-29)21-11-13-28(14-12-21)19-1-3-22(4-2-19)31(34)35/h1-8,21,24H,9-18H2,(H,27,32,33). The number of amides is 2. The summed E-state index contributed by atoms with van der Waals surface area (Å²) >= 11 is 0. The second kappa shape index (κ2) is 10.5. The molecule has 10 nitrogen and oxygen atoms in total. The molecule has 36 heavy (non-hydrogen) atoms. The van der Waals surface area contributed by atoms with Gasteiger partial charge in [-0.3, -0.25) is 29.9 Å². The Morgan fingerprint density at radius 2 is 1.39 bits per heavy atom. The Morgan fingerprint density at radius 1 is 0.806 bits per heavy atom. The summed E-state index contributed by atoms with van der Waals surface area (Å²) in [6, 6.07) is 15.2. The molecule has 1 N–H and O–H groups in total. The van der Waals surface area contributed by atoms with E-state index in [9.17, 15) is 19.7 Å². The molecule has 2 aromatic carbocycles. The molecule has 0 aliphatic carbocycles. The van der Waals surface area contributed by atoms with Gasteiger partial charge in [-0.05, 0) is 49.2 Å². The molecule has 2 aromatic rings. The van der Waals surface area contributed by atoms with Gasteiger partial charge in [0, 0.05) is 81.7 Å². The van der Waals surface area contributed by atoms with Gasteiger partial charge in [0.05, 0.1) is 4.92 Å². The van der Waals surface area contributed by atoms with Crippen molar-refractivity contribution in [2.24, 2.45) is 0 Å². The number of hydrogen-bond acceptors (Lipinski definition) is 8. The molecule has 10 heteroatoms. The topological polar surface area (TPSA) is 108 Å². The van der Waals surface area contributed by atoms with Crippen LogP contribution in [0, 0.1) is 10.1 Å². The van der Waals surface area contributed by atoms with Crippen LogP contribution in [0.2, 0.25) is 0 Å². The quantitative estimate of drug-likeness (QED) is 0.372. The molecule has 3 aliphatic rings. The normalized spacial score (nSPS) is 21.8.